The molecule has 184 valence electrons. The highest BCUT2D eigenvalue weighted by Crippen LogP contribution is 2.12. The number of carboxylic acids is 1. The predicted molar refractivity (Wildman–Crippen MR) is 124 cm³/mol. The first-order valence-electron chi connectivity index (χ1n) is 10.4. The molecule has 1 aromatic carbocycles. The van der Waals surface area contributed by atoms with E-state index in [-0.39, 0.29) is 30.3 Å². The summed E-state index contributed by atoms with van der Waals surface area (Å²) in [5, 5.41) is 35.1. The van der Waals surface area contributed by atoms with Crippen molar-refractivity contribution in [2.24, 2.45) is 11.7 Å². The largest absolute Gasteiger partial charge is 0.508 e. The fraction of sp³-hybridized carbons (Fsp3) is 0.524. The Hall–Kier alpha value is -2.83. The number of carbonyl (C=O) groups is 4. The van der Waals surface area contributed by atoms with Crippen LogP contribution in [0.25, 0.3) is 0 Å². The average molecular weight is 485 g/mol. The molecule has 4 atom stereocenters. The molecule has 0 radical (unpaired) electrons. The third-order valence-electron chi connectivity index (χ3n) is 4.68. The molecular formula is C21H32N4O7S. The van der Waals surface area contributed by atoms with Gasteiger partial charge in [-0.15, -0.1) is 0 Å². The first-order valence-corrected chi connectivity index (χ1v) is 11.0. The van der Waals surface area contributed by atoms with Crippen molar-refractivity contribution in [1.82, 2.24) is 16.0 Å². The zero-order valence-electron chi connectivity index (χ0n) is 18.5. The minimum atomic E-state index is -1.26. The number of nitrogens with one attached hydrogen (secondary N) is 3. The highest BCUT2D eigenvalue weighted by Gasteiger charge is 2.30. The minimum absolute atomic E-state index is 0.0143. The van der Waals surface area contributed by atoms with Crippen molar-refractivity contribution in [3.05, 3.63) is 29.8 Å². The lowest BCUT2D eigenvalue weighted by atomic mass is 10.0. The van der Waals surface area contributed by atoms with Gasteiger partial charge in [0, 0.05) is 12.2 Å². The second-order valence-corrected chi connectivity index (χ2v) is 8.36. The van der Waals surface area contributed by atoms with Crippen LogP contribution in [0.2, 0.25) is 0 Å². The van der Waals surface area contributed by atoms with E-state index in [1.165, 1.54) is 12.1 Å². The van der Waals surface area contributed by atoms with Gasteiger partial charge in [-0.1, -0.05) is 26.0 Å². The Labute approximate surface area is 197 Å². The third-order valence-corrected chi connectivity index (χ3v) is 5.05. The van der Waals surface area contributed by atoms with Gasteiger partial charge < -0.3 is 37.0 Å². The number of rotatable bonds is 13. The van der Waals surface area contributed by atoms with Crippen LogP contribution in [0.15, 0.2) is 24.3 Å². The summed E-state index contributed by atoms with van der Waals surface area (Å²) in [6.07, 6.45) is 0.229. The summed E-state index contributed by atoms with van der Waals surface area (Å²) in [5.41, 5.74) is 6.15. The minimum Gasteiger partial charge on any atom is -0.508 e. The molecule has 0 aliphatic carbocycles. The number of amides is 3. The maximum atomic E-state index is 13.1. The number of aromatic hydroxyl groups is 1. The van der Waals surface area contributed by atoms with Crippen LogP contribution in [0, 0.1) is 5.92 Å². The molecule has 0 aromatic heterocycles. The maximum absolute atomic E-state index is 13.1. The Morgan fingerprint density at radius 2 is 1.45 bits per heavy atom. The summed E-state index contributed by atoms with van der Waals surface area (Å²) < 4.78 is 0. The highest BCUT2D eigenvalue weighted by atomic mass is 32.1. The van der Waals surface area contributed by atoms with Gasteiger partial charge in [0.25, 0.3) is 0 Å². The number of thiol groups is 1. The SMILES string of the molecule is CC(C)CC(NC(=O)C(Cc1ccc(O)cc1)NC(=O)C(N)CO)C(=O)NC(CS)C(=O)O. The molecule has 11 nitrogen and oxygen atoms in total. The second kappa shape index (κ2) is 13.7. The number of phenolic OH excluding ortho intramolecular Hbond substituents is 1. The van der Waals surface area contributed by atoms with Gasteiger partial charge in [0.1, 0.15) is 29.9 Å². The molecule has 0 spiro atoms. The van der Waals surface area contributed by atoms with Crippen molar-refractivity contribution in [2.45, 2.75) is 50.9 Å². The van der Waals surface area contributed by atoms with E-state index < -0.39 is 54.5 Å². The van der Waals surface area contributed by atoms with Gasteiger partial charge in [0.2, 0.25) is 17.7 Å². The zero-order chi connectivity index (χ0) is 25.1. The molecule has 0 saturated carbocycles. The summed E-state index contributed by atoms with van der Waals surface area (Å²) in [6.45, 7) is 3.03. The topological polar surface area (TPSA) is 191 Å². The number of hydrogen-bond donors (Lipinski definition) is 8. The van der Waals surface area contributed by atoms with Gasteiger partial charge in [-0.25, -0.2) is 4.79 Å². The summed E-state index contributed by atoms with van der Waals surface area (Å²) in [4.78, 5) is 49.2. The lowest BCUT2D eigenvalue weighted by Gasteiger charge is -2.26. The number of aliphatic carboxylic acids is 1. The van der Waals surface area contributed by atoms with E-state index in [2.05, 4.69) is 28.6 Å². The van der Waals surface area contributed by atoms with Crippen LogP contribution in [0.5, 0.6) is 5.75 Å². The number of phenols is 1. The van der Waals surface area contributed by atoms with Gasteiger partial charge in [-0.05, 0) is 30.0 Å². The monoisotopic (exact) mass is 484 g/mol. The van der Waals surface area contributed by atoms with E-state index in [0.29, 0.717) is 5.56 Å². The lowest BCUT2D eigenvalue weighted by molar-refractivity contribution is -0.141. The molecule has 4 unspecified atom stereocenters. The number of carboxylic acid groups (broad SMARTS) is 1. The van der Waals surface area contributed by atoms with E-state index in [0.717, 1.165) is 0 Å². The number of carbonyl (C=O) groups excluding carboxylic acids is 3. The van der Waals surface area contributed by atoms with Crippen molar-refractivity contribution in [2.75, 3.05) is 12.4 Å². The Kier molecular flexibility index (Phi) is 11.7. The molecular weight excluding hydrogens is 452 g/mol. The summed E-state index contributed by atoms with van der Waals surface area (Å²) in [6, 6.07) is 1.27. The number of aliphatic hydroxyl groups excluding tert-OH is 1. The van der Waals surface area contributed by atoms with Crippen molar-refractivity contribution < 1.29 is 34.5 Å². The molecule has 0 heterocycles. The first-order chi connectivity index (χ1) is 15.5. The van der Waals surface area contributed by atoms with Crippen molar-refractivity contribution in [1.29, 1.82) is 0 Å². The fourth-order valence-electron chi connectivity index (χ4n) is 2.87. The lowest BCUT2D eigenvalue weighted by Crippen LogP contribution is -2.58. The molecule has 3 amide bonds. The van der Waals surface area contributed by atoms with Crippen LogP contribution in [-0.4, -0.2) is 75.5 Å². The molecule has 0 aliphatic heterocycles. The summed E-state index contributed by atoms with van der Waals surface area (Å²) in [5.74, 6) is -3.54. The maximum Gasteiger partial charge on any atom is 0.327 e. The van der Waals surface area contributed by atoms with Gasteiger partial charge in [-0.2, -0.15) is 12.6 Å². The molecule has 12 heteroatoms. The van der Waals surface area contributed by atoms with Crippen LogP contribution in [0.1, 0.15) is 25.8 Å². The molecule has 0 saturated heterocycles. The van der Waals surface area contributed by atoms with Crippen molar-refractivity contribution >= 4 is 36.3 Å². The summed E-state index contributed by atoms with van der Waals surface area (Å²) >= 11 is 3.92. The van der Waals surface area contributed by atoms with Crippen LogP contribution in [0.3, 0.4) is 0 Å². The fourth-order valence-corrected chi connectivity index (χ4v) is 3.12. The van der Waals surface area contributed by atoms with Crippen LogP contribution < -0.4 is 21.7 Å². The van der Waals surface area contributed by atoms with Crippen LogP contribution in [0.4, 0.5) is 0 Å². The normalized spacial score (nSPS) is 14.6. The second-order valence-electron chi connectivity index (χ2n) is 7.99. The van der Waals surface area contributed by atoms with Crippen LogP contribution >= 0.6 is 12.6 Å². The number of aliphatic hydroxyl groups is 1. The summed E-state index contributed by atoms with van der Waals surface area (Å²) in [7, 11) is 0. The van der Waals surface area contributed by atoms with E-state index in [1.807, 2.05) is 13.8 Å². The van der Waals surface area contributed by atoms with Crippen molar-refractivity contribution in [3.8, 4) is 5.75 Å². The number of benzene rings is 1. The van der Waals surface area contributed by atoms with E-state index in [9.17, 15) is 24.3 Å². The highest BCUT2D eigenvalue weighted by molar-refractivity contribution is 7.80. The average Bonchev–Trinajstić information content (AvgIpc) is 2.76. The molecule has 0 aliphatic rings. The first kappa shape index (κ1) is 28.2. The van der Waals surface area contributed by atoms with Crippen LogP contribution in [-0.2, 0) is 25.6 Å². The van der Waals surface area contributed by atoms with E-state index >= 15 is 0 Å². The Balaban J connectivity index is 3.08. The van der Waals surface area contributed by atoms with Gasteiger partial charge in [-0.3, -0.25) is 14.4 Å². The zero-order valence-corrected chi connectivity index (χ0v) is 19.4. The van der Waals surface area contributed by atoms with Crippen molar-refractivity contribution in [3.63, 3.8) is 0 Å². The van der Waals surface area contributed by atoms with Gasteiger partial charge in [0.05, 0.1) is 6.61 Å². The number of hydrogen-bond acceptors (Lipinski definition) is 8. The Morgan fingerprint density at radius 3 is 1.94 bits per heavy atom. The number of nitrogens with two attached hydrogens (primary N) is 1. The standard InChI is InChI=1S/C21H32N4O7S/c1-11(2)7-15(19(29)25-17(10-33)21(31)32)24-20(30)16(23-18(28)14(22)9-26)8-12-3-5-13(27)6-4-12/h3-6,11,14-17,26-27,33H,7-10,22H2,1-2H3,(H,23,28)(H,24,30)(H,25,29)(H,31,32). The van der Waals surface area contributed by atoms with E-state index in [4.69, 9.17) is 15.9 Å². The molecule has 33 heavy (non-hydrogen) atoms. The van der Waals surface area contributed by atoms with E-state index in [1.54, 1.807) is 12.1 Å². The van der Waals surface area contributed by atoms with Gasteiger partial charge >= 0.3 is 5.97 Å². The molecule has 1 aromatic rings. The third kappa shape index (κ3) is 9.68. The van der Waals surface area contributed by atoms with Gasteiger partial charge in [0.15, 0.2) is 0 Å². The molecule has 1 rings (SSSR count). The quantitative estimate of drug-likeness (QED) is 0.160. The molecule has 0 fully saturated rings. The Morgan fingerprint density at radius 1 is 0.939 bits per heavy atom. The molecule has 0 bridgehead atoms. The predicted octanol–water partition coefficient (Wildman–Crippen LogP) is -1.23. The smallest absolute Gasteiger partial charge is 0.327 e. The molecule has 8 N–H and O–H groups in total. The Bertz CT molecular complexity index is 819.